The third-order valence-electron chi connectivity index (χ3n) is 11.2. The van der Waals surface area contributed by atoms with Gasteiger partial charge in [-0.1, -0.05) is 196 Å². The monoisotopic (exact) mass is 703 g/mol. The van der Waals surface area contributed by atoms with Crippen LogP contribution in [0.4, 0.5) is 0 Å². The summed E-state index contributed by atoms with van der Waals surface area (Å²) in [5.41, 5.74) is 14.7. The summed E-state index contributed by atoms with van der Waals surface area (Å²) in [6.45, 7) is 4.65. The highest BCUT2D eigenvalue weighted by Crippen LogP contribution is 2.50. The van der Waals surface area contributed by atoms with Crippen LogP contribution in [0.25, 0.3) is 89.4 Å². The van der Waals surface area contributed by atoms with Gasteiger partial charge in [0.1, 0.15) is 0 Å². The summed E-state index contributed by atoms with van der Waals surface area (Å²) in [4.78, 5) is 16.2. The van der Waals surface area contributed by atoms with E-state index in [9.17, 15) is 0 Å². The number of fused-ring (bicyclic) bond motifs is 4. The molecule has 0 unspecified atom stereocenters. The Hall–Kier alpha value is -6.97. The molecule has 0 saturated heterocycles. The predicted molar refractivity (Wildman–Crippen MR) is 228 cm³/mol. The number of nitrogens with zero attached hydrogens (tertiary/aromatic N) is 3. The average Bonchev–Trinajstić information content (AvgIpc) is 3.49. The molecule has 1 aliphatic carbocycles. The number of benzene rings is 8. The summed E-state index contributed by atoms with van der Waals surface area (Å²) >= 11 is 0. The van der Waals surface area contributed by atoms with Gasteiger partial charge in [0.15, 0.2) is 17.5 Å². The van der Waals surface area contributed by atoms with E-state index in [1.165, 1.54) is 22.3 Å². The fourth-order valence-corrected chi connectivity index (χ4v) is 8.46. The molecule has 0 bridgehead atoms. The van der Waals surface area contributed by atoms with Crippen molar-refractivity contribution < 1.29 is 0 Å². The Labute approximate surface area is 321 Å². The summed E-state index contributed by atoms with van der Waals surface area (Å²) in [6.07, 6.45) is 0. The average molecular weight is 704 g/mol. The van der Waals surface area contributed by atoms with Crippen molar-refractivity contribution in [2.45, 2.75) is 19.3 Å². The van der Waals surface area contributed by atoms with Crippen molar-refractivity contribution >= 4 is 10.8 Å². The topological polar surface area (TPSA) is 38.7 Å². The fraction of sp³-hybridized carbons (Fsp3) is 0.0577. The quantitative estimate of drug-likeness (QED) is 0.173. The lowest BCUT2D eigenvalue weighted by Gasteiger charge is -2.21. The molecule has 55 heavy (non-hydrogen) atoms. The molecule has 3 nitrogen and oxygen atoms in total. The van der Waals surface area contributed by atoms with E-state index in [1.54, 1.807) is 0 Å². The van der Waals surface area contributed by atoms with Gasteiger partial charge in [-0.2, -0.15) is 0 Å². The second kappa shape index (κ2) is 13.2. The molecule has 3 heteroatoms. The first-order valence-electron chi connectivity index (χ1n) is 18.9. The van der Waals surface area contributed by atoms with E-state index >= 15 is 0 Å². The number of rotatable bonds is 6. The molecule has 0 amide bonds. The molecule has 260 valence electrons. The van der Waals surface area contributed by atoms with Gasteiger partial charge in [-0.15, -0.1) is 0 Å². The van der Waals surface area contributed by atoms with E-state index in [1.807, 2.05) is 12.1 Å². The molecule has 10 rings (SSSR count). The van der Waals surface area contributed by atoms with Crippen molar-refractivity contribution in [3.63, 3.8) is 0 Å². The summed E-state index contributed by atoms with van der Waals surface area (Å²) in [5.74, 6) is 1.90. The summed E-state index contributed by atoms with van der Waals surface area (Å²) < 4.78 is 0. The van der Waals surface area contributed by atoms with Crippen LogP contribution in [0.3, 0.4) is 0 Å². The minimum Gasteiger partial charge on any atom is -0.208 e. The Morgan fingerprint density at radius 1 is 0.327 bits per heavy atom. The first-order valence-corrected chi connectivity index (χ1v) is 18.9. The molecule has 0 aliphatic heterocycles. The van der Waals surface area contributed by atoms with Crippen molar-refractivity contribution in [2.75, 3.05) is 0 Å². The molecule has 9 aromatic rings. The first-order chi connectivity index (χ1) is 27.0. The SMILES string of the molecule is CC1(C)c2ccccc2-c2cc(-c3ccc4ccccc4c3-c3nc(-c4ccccc4-c4ccccc4)nc(-c4ccccc4-c4ccccc4)n3)ccc21. The van der Waals surface area contributed by atoms with Crippen LogP contribution in [0.5, 0.6) is 0 Å². The van der Waals surface area contributed by atoms with Gasteiger partial charge in [0.05, 0.1) is 0 Å². The van der Waals surface area contributed by atoms with Crippen molar-refractivity contribution in [1.29, 1.82) is 0 Å². The maximum Gasteiger partial charge on any atom is 0.165 e. The Bertz CT molecular complexity index is 2790. The molecule has 1 aromatic heterocycles. The summed E-state index contributed by atoms with van der Waals surface area (Å²) in [6, 6.07) is 66.6. The van der Waals surface area contributed by atoms with Gasteiger partial charge in [0, 0.05) is 22.1 Å². The van der Waals surface area contributed by atoms with Crippen molar-refractivity contribution in [3.8, 4) is 78.7 Å². The smallest absolute Gasteiger partial charge is 0.165 e. The Morgan fingerprint density at radius 3 is 1.45 bits per heavy atom. The first kappa shape index (κ1) is 32.7. The van der Waals surface area contributed by atoms with E-state index in [4.69, 9.17) is 15.0 Å². The molecule has 0 saturated carbocycles. The summed E-state index contributed by atoms with van der Waals surface area (Å²) in [5, 5.41) is 2.23. The van der Waals surface area contributed by atoms with Crippen LogP contribution >= 0.6 is 0 Å². The second-order valence-corrected chi connectivity index (χ2v) is 14.8. The van der Waals surface area contributed by atoms with Crippen LogP contribution in [-0.4, -0.2) is 15.0 Å². The van der Waals surface area contributed by atoms with Crippen LogP contribution in [0.1, 0.15) is 25.0 Å². The normalized spacial score (nSPS) is 12.7. The van der Waals surface area contributed by atoms with Crippen LogP contribution in [-0.2, 0) is 5.41 Å². The zero-order valence-electron chi connectivity index (χ0n) is 30.7. The zero-order valence-corrected chi connectivity index (χ0v) is 30.7. The van der Waals surface area contributed by atoms with Crippen LogP contribution in [0.15, 0.2) is 188 Å². The van der Waals surface area contributed by atoms with Crippen molar-refractivity contribution in [2.24, 2.45) is 0 Å². The molecule has 1 aliphatic rings. The second-order valence-electron chi connectivity index (χ2n) is 14.8. The third kappa shape index (κ3) is 5.55. The van der Waals surface area contributed by atoms with E-state index in [0.29, 0.717) is 17.5 Å². The minimum atomic E-state index is -0.0764. The van der Waals surface area contributed by atoms with Crippen LogP contribution in [0, 0.1) is 0 Å². The highest BCUT2D eigenvalue weighted by molar-refractivity contribution is 6.04. The van der Waals surface area contributed by atoms with Crippen LogP contribution < -0.4 is 0 Å². The fourth-order valence-electron chi connectivity index (χ4n) is 8.46. The molecule has 0 spiro atoms. The third-order valence-corrected chi connectivity index (χ3v) is 11.2. The standard InChI is InChI=1S/C52H37N3/c1-52(2)46-28-16-15-25-42(46)45-33-37(30-32-47(45)52)41-31-29-36-21-9-10-24-40(36)48(41)51-54-49(43-26-13-11-22-38(43)34-17-5-3-6-18-34)53-50(55-51)44-27-14-12-23-39(44)35-19-7-4-8-20-35/h3-33H,1-2H3. The van der Waals surface area contributed by atoms with Gasteiger partial charge < -0.3 is 0 Å². The highest BCUT2D eigenvalue weighted by atomic mass is 15.0. The molecular weight excluding hydrogens is 667 g/mol. The molecule has 0 radical (unpaired) electrons. The van der Waals surface area contributed by atoms with Crippen molar-refractivity contribution in [3.05, 3.63) is 199 Å². The highest BCUT2D eigenvalue weighted by Gasteiger charge is 2.35. The number of hydrogen-bond donors (Lipinski definition) is 0. The van der Waals surface area contributed by atoms with E-state index in [-0.39, 0.29) is 5.41 Å². The van der Waals surface area contributed by atoms with Gasteiger partial charge in [-0.25, -0.2) is 15.0 Å². The Balaban J connectivity index is 1.26. The molecule has 0 fully saturated rings. The molecule has 8 aromatic carbocycles. The summed E-state index contributed by atoms with van der Waals surface area (Å²) in [7, 11) is 0. The van der Waals surface area contributed by atoms with Gasteiger partial charge >= 0.3 is 0 Å². The maximum atomic E-state index is 5.43. The lowest BCUT2D eigenvalue weighted by Crippen LogP contribution is -2.14. The van der Waals surface area contributed by atoms with E-state index in [2.05, 4.69) is 190 Å². The molecule has 0 N–H and O–H groups in total. The van der Waals surface area contributed by atoms with Crippen LogP contribution in [0.2, 0.25) is 0 Å². The van der Waals surface area contributed by atoms with Gasteiger partial charge in [0.2, 0.25) is 0 Å². The Morgan fingerprint density at radius 2 is 0.818 bits per heavy atom. The van der Waals surface area contributed by atoms with Gasteiger partial charge in [-0.3, -0.25) is 0 Å². The largest absolute Gasteiger partial charge is 0.208 e. The van der Waals surface area contributed by atoms with Crippen molar-refractivity contribution in [1.82, 2.24) is 15.0 Å². The van der Waals surface area contributed by atoms with Gasteiger partial charge in [0.25, 0.3) is 0 Å². The lowest BCUT2D eigenvalue weighted by molar-refractivity contribution is 0.660. The number of hydrogen-bond acceptors (Lipinski definition) is 3. The van der Waals surface area contributed by atoms with E-state index in [0.717, 1.165) is 60.8 Å². The predicted octanol–water partition coefficient (Wildman–Crippen LogP) is 13.3. The molecular formula is C52H37N3. The molecule has 0 atom stereocenters. The van der Waals surface area contributed by atoms with E-state index < -0.39 is 0 Å². The maximum absolute atomic E-state index is 5.43. The minimum absolute atomic E-state index is 0.0764. The number of aromatic nitrogens is 3. The lowest BCUT2D eigenvalue weighted by atomic mass is 9.82. The molecule has 1 heterocycles. The Kier molecular flexibility index (Phi) is 7.81. The zero-order chi connectivity index (χ0) is 36.9. The van der Waals surface area contributed by atoms with Gasteiger partial charge in [-0.05, 0) is 72.5 Å².